The second-order valence-electron chi connectivity index (χ2n) is 5.42. The van der Waals surface area contributed by atoms with Gasteiger partial charge in [-0.2, -0.15) is 5.26 Å². The van der Waals surface area contributed by atoms with Crippen molar-refractivity contribution >= 4 is 27.5 Å². The summed E-state index contributed by atoms with van der Waals surface area (Å²) >= 11 is 3.39. The first-order valence-corrected chi connectivity index (χ1v) is 7.98. The molecule has 20 heavy (non-hydrogen) atoms. The minimum Gasteiger partial charge on any atom is -0.325 e. The van der Waals surface area contributed by atoms with Gasteiger partial charge in [0, 0.05) is 10.9 Å². The van der Waals surface area contributed by atoms with Crippen molar-refractivity contribution in [1.82, 2.24) is 0 Å². The lowest BCUT2D eigenvalue weighted by Gasteiger charge is -2.14. The number of amides is 1. The molecule has 0 unspecified atom stereocenters. The summed E-state index contributed by atoms with van der Waals surface area (Å²) in [6, 6.07) is 7.29. The van der Waals surface area contributed by atoms with Crippen molar-refractivity contribution in [3.05, 3.63) is 28.2 Å². The third-order valence-electron chi connectivity index (χ3n) is 3.82. The number of nitrogens with one attached hydrogen (secondary N) is 1. The van der Waals surface area contributed by atoms with E-state index in [9.17, 15) is 4.79 Å². The third-order valence-corrected chi connectivity index (χ3v) is 4.48. The van der Waals surface area contributed by atoms with Gasteiger partial charge in [0.05, 0.1) is 17.3 Å². The van der Waals surface area contributed by atoms with E-state index in [4.69, 9.17) is 5.26 Å². The molecule has 0 bridgehead atoms. The number of nitrogens with zero attached hydrogens (tertiary/aromatic N) is 1. The van der Waals surface area contributed by atoms with Crippen LogP contribution < -0.4 is 5.32 Å². The highest BCUT2D eigenvalue weighted by Crippen LogP contribution is 2.27. The molecule has 0 aliphatic heterocycles. The van der Waals surface area contributed by atoms with Crippen molar-refractivity contribution in [2.24, 2.45) is 5.92 Å². The Bertz CT molecular complexity index is 514. The van der Waals surface area contributed by atoms with Crippen LogP contribution in [0.2, 0.25) is 0 Å². The lowest BCUT2D eigenvalue weighted by atomic mass is 9.96. The lowest BCUT2D eigenvalue weighted by molar-refractivity contribution is -0.117. The Hall–Kier alpha value is -1.34. The molecule has 0 spiro atoms. The SMILES string of the molecule is N#Cc1ccc(NC(=O)CC2CCCCCC2)c(Br)c1. The summed E-state index contributed by atoms with van der Waals surface area (Å²) in [7, 11) is 0. The molecule has 1 saturated carbocycles. The summed E-state index contributed by atoms with van der Waals surface area (Å²) in [4.78, 5) is 12.1. The summed E-state index contributed by atoms with van der Waals surface area (Å²) in [6.45, 7) is 0. The number of carbonyl (C=O) groups excluding carboxylic acids is 1. The van der Waals surface area contributed by atoms with Crippen LogP contribution in [0.15, 0.2) is 22.7 Å². The van der Waals surface area contributed by atoms with Crippen molar-refractivity contribution < 1.29 is 4.79 Å². The van der Waals surface area contributed by atoms with E-state index in [2.05, 4.69) is 27.3 Å². The average molecular weight is 335 g/mol. The molecule has 2 rings (SSSR count). The molecule has 1 aliphatic carbocycles. The Labute approximate surface area is 128 Å². The number of rotatable bonds is 3. The highest BCUT2D eigenvalue weighted by Gasteiger charge is 2.16. The van der Waals surface area contributed by atoms with Gasteiger partial charge in [0.1, 0.15) is 0 Å². The van der Waals surface area contributed by atoms with E-state index >= 15 is 0 Å². The molecule has 1 amide bonds. The molecule has 0 aromatic heterocycles. The van der Waals surface area contributed by atoms with E-state index in [-0.39, 0.29) is 5.91 Å². The molecule has 3 nitrogen and oxygen atoms in total. The van der Waals surface area contributed by atoms with Gasteiger partial charge in [0.25, 0.3) is 0 Å². The molecule has 1 aliphatic rings. The van der Waals surface area contributed by atoms with Gasteiger partial charge in [-0.25, -0.2) is 0 Å². The van der Waals surface area contributed by atoms with Crippen LogP contribution in [0.5, 0.6) is 0 Å². The highest BCUT2D eigenvalue weighted by molar-refractivity contribution is 9.10. The Morgan fingerprint density at radius 2 is 2.00 bits per heavy atom. The quantitative estimate of drug-likeness (QED) is 0.820. The molecular weight excluding hydrogens is 316 g/mol. The lowest BCUT2D eigenvalue weighted by Crippen LogP contribution is -2.16. The van der Waals surface area contributed by atoms with E-state index in [0.29, 0.717) is 17.9 Å². The molecule has 106 valence electrons. The van der Waals surface area contributed by atoms with Crippen molar-refractivity contribution in [3.8, 4) is 6.07 Å². The summed E-state index contributed by atoms with van der Waals surface area (Å²) in [5.41, 5.74) is 1.32. The first-order valence-electron chi connectivity index (χ1n) is 7.18. The van der Waals surface area contributed by atoms with Crippen molar-refractivity contribution in [2.45, 2.75) is 44.9 Å². The minimum absolute atomic E-state index is 0.0716. The summed E-state index contributed by atoms with van der Waals surface area (Å²) in [5, 5.41) is 11.8. The number of benzene rings is 1. The zero-order chi connectivity index (χ0) is 14.4. The molecule has 1 aromatic carbocycles. The maximum atomic E-state index is 12.1. The van der Waals surface area contributed by atoms with Crippen LogP contribution in [0.3, 0.4) is 0 Å². The normalized spacial score (nSPS) is 16.2. The average Bonchev–Trinajstić information content (AvgIpc) is 2.69. The first-order chi connectivity index (χ1) is 9.69. The highest BCUT2D eigenvalue weighted by atomic mass is 79.9. The predicted octanol–water partition coefficient (Wildman–Crippen LogP) is 4.62. The number of nitriles is 1. The van der Waals surface area contributed by atoms with Crippen molar-refractivity contribution in [3.63, 3.8) is 0 Å². The van der Waals surface area contributed by atoms with E-state index in [1.807, 2.05) is 0 Å². The third kappa shape index (κ3) is 4.35. The van der Waals surface area contributed by atoms with E-state index in [1.54, 1.807) is 18.2 Å². The summed E-state index contributed by atoms with van der Waals surface area (Å²) in [6.07, 6.45) is 8.05. The van der Waals surface area contributed by atoms with Gasteiger partial charge in [-0.3, -0.25) is 4.79 Å². The van der Waals surface area contributed by atoms with Gasteiger partial charge in [-0.05, 0) is 52.9 Å². The molecule has 0 atom stereocenters. The molecule has 4 heteroatoms. The topological polar surface area (TPSA) is 52.9 Å². The second-order valence-corrected chi connectivity index (χ2v) is 6.27. The second kappa shape index (κ2) is 7.44. The Morgan fingerprint density at radius 1 is 1.30 bits per heavy atom. The summed E-state index contributed by atoms with van der Waals surface area (Å²) < 4.78 is 0.755. The Morgan fingerprint density at radius 3 is 2.60 bits per heavy atom. The fourth-order valence-corrected chi connectivity index (χ4v) is 3.20. The van der Waals surface area contributed by atoms with Crippen LogP contribution in [-0.4, -0.2) is 5.91 Å². The van der Waals surface area contributed by atoms with Gasteiger partial charge >= 0.3 is 0 Å². The molecule has 1 fully saturated rings. The number of hydrogen-bond donors (Lipinski definition) is 1. The minimum atomic E-state index is 0.0716. The van der Waals surface area contributed by atoms with Gasteiger partial charge in [0.2, 0.25) is 5.91 Å². The maximum absolute atomic E-state index is 12.1. The number of halogens is 1. The fourth-order valence-electron chi connectivity index (χ4n) is 2.72. The first kappa shape index (κ1) is 15.1. The van der Waals surface area contributed by atoms with Crippen LogP contribution in [0.25, 0.3) is 0 Å². The standard InChI is InChI=1S/C16H19BrN2O/c17-14-9-13(11-18)7-8-15(14)19-16(20)10-12-5-3-1-2-4-6-12/h7-9,12H,1-6,10H2,(H,19,20). The molecule has 0 heterocycles. The number of carbonyl (C=O) groups is 1. The van der Waals surface area contributed by atoms with Crippen molar-refractivity contribution in [1.29, 1.82) is 5.26 Å². The van der Waals surface area contributed by atoms with Gasteiger partial charge < -0.3 is 5.32 Å². The van der Waals surface area contributed by atoms with E-state index in [0.717, 1.165) is 10.2 Å². The van der Waals surface area contributed by atoms with Crippen molar-refractivity contribution in [2.75, 3.05) is 5.32 Å². The van der Waals surface area contributed by atoms with Crippen LogP contribution in [0.4, 0.5) is 5.69 Å². The largest absolute Gasteiger partial charge is 0.325 e. The summed E-state index contributed by atoms with van der Waals surface area (Å²) in [5.74, 6) is 0.594. The molecule has 1 N–H and O–H groups in total. The maximum Gasteiger partial charge on any atom is 0.224 e. The predicted molar refractivity (Wildman–Crippen MR) is 83.3 cm³/mol. The van der Waals surface area contributed by atoms with Gasteiger partial charge in [-0.1, -0.05) is 25.7 Å². The zero-order valence-corrected chi connectivity index (χ0v) is 13.1. The molecule has 1 aromatic rings. The Balaban J connectivity index is 1.92. The smallest absolute Gasteiger partial charge is 0.224 e. The number of hydrogen-bond acceptors (Lipinski definition) is 2. The zero-order valence-electron chi connectivity index (χ0n) is 11.5. The van der Waals surface area contributed by atoms with Crippen LogP contribution >= 0.6 is 15.9 Å². The Kier molecular flexibility index (Phi) is 5.60. The monoisotopic (exact) mass is 334 g/mol. The molecule has 0 radical (unpaired) electrons. The molecule has 0 saturated heterocycles. The fraction of sp³-hybridized carbons (Fsp3) is 0.500. The van der Waals surface area contributed by atoms with Gasteiger partial charge in [0.15, 0.2) is 0 Å². The van der Waals surface area contributed by atoms with E-state index < -0.39 is 0 Å². The van der Waals surface area contributed by atoms with Crippen LogP contribution in [-0.2, 0) is 4.79 Å². The van der Waals surface area contributed by atoms with Gasteiger partial charge in [-0.15, -0.1) is 0 Å². The number of anilines is 1. The van der Waals surface area contributed by atoms with E-state index in [1.165, 1.54) is 38.5 Å². The van der Waals surface area contributed by atoms with Crippen LogP contribution in [0.1, 0.15) is 50.5 Å². The van der Waals surface area contributed by atoms with Crippen LogP contribution in [0, 0.1) is 17.2 Å². The molecular formula is C16H19BrN2O.